The monoisotopic (exact) mass is 476 g/mol. The summed E-state index contributed by atoms with van der Waals surface area (Å²) in [5.41, 5.74) is 2.06. The van der Waals surface area contributed by atoms with Crippen molar-refractivity contribution in [3.63, 3.8) is 0 Å². The van der Waals surface area contributed by atoms with Crippen LogP contribution >= 0.6 is 22.9 Å². The number of carbonyl (C=O) groups excluding carboxylic acids is 1. The zero-order valence-corrected chi connectivity index (χ0v) is 19.4. The number of anilines is 1. The molecule has 0 spiro atoms. The molecule has 2 heterocycles. The predicted octanol–water partition coefficient (Wildman–Crippen LogP) is 4.61. The number of nitrogens with zero attached hydrogens (tertiary/aromatic N) is 2. The molecule has 6 nitrogen and oxygen atoms in total. The largest absolute Gasteiger partial charge is 0.497 e. The molecule has 0 bridgehead atoms. The Morgan fingerprint density at radius 2 is 1.97 bits per heavy atom. The van der Waals surface area contributed by atoms with E-state index in [1.165, 1.54) is 11.3 Å². The fraction of sp³-hybridized carbons (Fsp3) is 0.273. The average molecular weight is 477 g/mol. The van der Waals surface area contributed by atoms with E-state index in [9.17, 15) is 13.2 Å². The number of halogens is 1. The van der Waals surface area contributed by atoms with Gasteiger partial charge < -0.3 is 9.64 Å². The zero-order chi connectivity index (χ0) is 22.2. The van der Waals surface area contributed by atoms with Gasteiger partial charge in [0.2, 0.25) is 0 Å². The van der Waals surface area contributed by atoms with Crippen molar-refractivity contribution in [3.8, 4) is 16.3 Å². The topological polar surface area (TPSA) is 76.6 Å². The highest BCUT2D eigenvalue weighted by Crippen LogP contribution is 2.33. The normalized spacial score (nSPS) is 17.5. The van der Waals surface area contributed by atoms with E-state index in [0.717, 1.165) is 5.56 Å². The molecule has 1 saturated heterocycles. The van der Waals surface area contributed by atoms with Crippen LogP contribution in [0, 0.1) is 6.92 Å². The smallest absolute Gasteiger partial charge is 0.270 e. The predicted molar refractivity (Wildman–Crippen MR) is 124 cm³/mol. The molecule has 31 heavy (non-hydrogen) atoms. The molecular formula is C22H21ClN2O4S2. The van der Waals surface area contributed by atoms with Gasteiger partial charge in [0.05, 0.1) is 30.4 Å². The van der Waals surface area contributed by atoms with Gasteiger partial charge in [-0.15, -0.1) is 11.3 Å². The fourth-order valence-corrected chi connectivity index (χ4v) is 6.55. The van der Waals surface area contributed by atoms with Crippen LogP contribution in [0.15, 0.2) is 48.5 Å². The molecule has 0 N–H and O–H groups in total. The Balaban J connectivity index is 1.73. The number of methoxy groups -OCH3 is 1. The van der Waals surface area contributed by atoms with Gasteiger partial charge in [-0.2, -0.15) is 0 Å². The summed E-state index contributed by atoms with van der Waals surface area (Å²) in [6.45, 7) is 1.79. The number of amides is 1. The lowest BCUT2D eigenvalue weighted by Crippen LogP contribution is -2.41. The third-order valence-corrected chi connectivity index (χ3v) is 8.39. The Morgan fingerprint density at radius 3 is 2.58 bits per heavy atom. The van der Waals surface area contributed by atoms with Gasteiger partial charge in [-0.3, -0.25) is 4.79 Å². The minimum atomic E-state index is -3.18. The molecule has 3 aromatic rings. The lowest BCUT2D eigenvalue weighted by Gasteiger charge is -2.28. The molecule has 0 aliphatic carbocycles. The van der Waals surface area contributed by atoms with Crippen molar-refractivity contribution in [1.82, 2.24) is 4.98 Å². The molecule has 1 aromatic heterocycles. The van der Waals surface area contributed by atoms with Gasteiger partial charge in [0.25, 0.3) is 5.91 Å². The first kappa shape index (κ1) is 21.8. The molecule has 1 fully saturated rings. The molecule has 9 heteroatoms. The summed E-state index contributed by atoms with van der Waals surface area (Å²) in [7, 11) is -1.61. The quantitative estimate of drug-likeness (QED) is 0.537. The summed E-state index contributed by atoms with van der Waals surface area (Å²) in [5, 5.41) is 1.28. The summed E-state index contributed by atoms with van der Waals surface area (Å²) in [5.74, 6) is 0.430. The van der Waals surface area contributed by atoms with E-state index in [-0.39, 0.29) is 17.4 Å². The lowest BCUT2D eigenvalue weighted by molar-refractivity contribution is 0.0982. The van der Waals surface area contributed by atoms with Gasteiger partial charge in [0.15, 0.2) is 9.84 Å². The Kier molecular flexibility index (Phi) is 6.05. The Morgan fingerprint density at radius 1 is 1.23 bits per heavy atom. The highest BCUT2D eigenvalue weighted by atomic mass is 35.5. The third-order valence-electron chi connectivity index (χ3n) is 5.21. The van der Waals surface area contributed by atoms with Crippen LogP contribution in [0.5, 0.6) is 5.75 Å². The first-order valence-electron chi connectivity index (χ1n) is 9.69. The maximum absolute atomic E-state index is 13.7. The number of hydrogen-bond donors (Lipinski definition) is 0. The number of aromatic nitrogens is 1. The molecule has 2 aromatic carbocycles. The van der Waals surface area contributed by atoms with Crippen molar-refractivity contribution in [3.05, 3.63) is 64.1 Å². The summed E-state index contributed by atoms with van der Waals surface area (Å²) >= 11 is 7.39. The van der Waals surface area contributed by atoms with Gasteiger partial charge in [-0.05, 0) is 49.7 Å². The number of carbonyl (C=O) groups is 1. The highest BCUT2D eigenvalue weighted by molar-refractivity contribution is 7.91. The minimum Gasteiger partial charge on any atom is -0.497 e. The van der Waals surface area contributed by atoms with Crippen molar-refractivity contribution < 1.29 is 17.9 Å². The molecule has 1 aliphatic rings. The maximum Gasteiger partial charge on any atom is 0.270 e. The number of benzene rings is 2. The average Bonchev–Trinajstić information content (AvgIpc) is 3.30. The van der Waals surface area contributed by atoms with Gasteiger partial charge in [0.1, 0.15) is 15.6 Å². The highest BCUT2D eigenvalue weighted by Gasteiger charge is 2.37. The minimum absolute atomic E-state index is 0.0518. The van der Waals surface area contributed by atoms with Crippen LogP contribution in [0.3, 0.4) is 0 Å². The Hall–Kier alpha value is -2.42. The van der Waals surface area contributed by atoms with E-state index >= 15 is 0 Å². The summed E-state index contributed by atoms with van der Waals surface area (Å²) in [6.07, 6.45) is 0.402. The molecule has 162 valence electrons. The first-order chi connectivity index (χ1) is 14.8. The second-order valence-corrected chi connectivity index (χ2v) is 11.0. The fourth-order valence-electron chi connectivity index (χ4n) is 3.66. The molecule has 1 unspecified atom stereocenters. The molecule has 1 atom stereocenters. The molecule has 0 saturated carbocycles. The van der Waals surface area contributed by atoms with Crippen LogP contribution in [0.2, 0.25) is 5.02 Å². The number of aryl methyl sites for hydroxylation is 1. The molecular weight excluding hydrogens is 456 g/mol. The summed E-state index contributed by atoms with van der Waals surface area (Å²) in [6, 6.07) is 14.0. The first-order valence-corrected chi connectivity index (χ1v) is 12.7. The van der Waals surface area contributed by atoms with Crippen LogP contribution in [0.1, 0.15) is 21.8 Å². The summed E-state index contributed by atoms with van der Waals surface area (Å²) in [4.78, 5) is 20.3. The van der Waals surface area contributed by atoms with Crippen LogP contribution < -0.4 is 9.64 Å². The van der Waals surface area contributed by atoms with Crippen molar-refractivity contribution in [2.75, 3.05) is 23.5 Å². The van der Waals surface area contributed by atoms with E-state index in [2.05, 4.69) is 4.98 Å². The number of ether oxygens (including phenoxy) is 1. The van der Waals surface area contributed by atoms with Gasteiger partial charge in [-0.1, -0.05) is 23.7 Å². The van der Waals surface area contributed by atoms with Crippen LogP contribution in [-0.4, -0.2) is 44.0 Å². The van der Waals surface area contributed by atoms with Crippen molar-refractivity contribution >= 4 is 44.4 Å². The Labute approximate surface area is 190 Å². The number of hydrogen-bond acceptors (Lipinski definition) is 6. The third kappa shape index (κ3) is 4.61. The molecule has 0 radical (unpaired) electrons. The van der Waals surface area contributed by atoms with E-state index in [1.54, 1.807) is 55.3 Å². The van der Waals surface area contributed by atoms with Gasteiger partial charge in [-0.25, -0.2) is 13.4 Å². The second kappa shape index (κ2) is 8.61. The lowest BCUT2D eigenvalue weighted by atomic mass is 10.1. The van der Waals surface area contributed by atoms with Crippen LogP contribution in [-0.2, 0) is 9.84 Å². The van der Waals surface area contributed by atoms with Gasteiger partial charge in [0, 0.05) is 16.3 Å². The van der Waals surface area contributed by atoms with E-state index in [4.69, 9.17) is 16.3 Å². The molecule has 1 amide bonds. The second-order valence-electron chi connectivity index (χ2n) is 7.37. The van der Waals surface area contributed by atoms with E-state index in [1.807, 2.05) is 12.1 Å². The zero-order valence-electron chi connectivity index (χ0n) is 17.0. The SMILES string of the molecule is COc1ccc(N(C(=O)c2sc(-c3cccc(Cl)c3)nc2C)C2CCS(=O)(=O)C2)cc1. The van der Waals surface area contributed by atoms with E-state index in [0.29, 0.717) is 38.5 Å². The number of sulfone groups is 1. The standard InChI is InChI=1S/C22H21ClN2O4S2/c1-14-20(30-21(24-14)15-4-3-5-16(23)12-15)22(26)25(18-10-11-31(27,28)13-18)17-6-8-19(29-2)9-7-17/h3-9,12,18H,10-11,13H2,1-2H3. The summed E-state index contributed by atoms with van der Waals surface area (Å²) < 4.78 is 29.5. The maximum atomic E-state index is 13.7. The molecule has 1 aliphatic heterocycles. The van der Waals surface area contributed by atoms with Gasteiger partial charge >= 0.3 is 0 Å². The van der Waals surface area contributed by atoms with Crippen molar-refractivity contribution in [2.45, 2.75) is 19.4 Å². The van der Waals surface area contributed by atoms with Crippen LogP contribution in [0.4, 0.5) is 5.69 Å². The van der Waals surface area contributed by atoms with Crippen molar-refractivity contribution in [1.29, 1.82) is 0 Å². The van der Waals surface area contributed by atoms with E-state index < -0.39 is 15.9 Å². The van der Waals surface area contributed by atoms with Crippen molar-refractivity contribution in [2.24, 2.45) is 0 Å². The number of thiazole rings is 1. The van der Waals surface area contributed by atoms with Crippen LogP contribution in [0.25, 0.3) is 10.6 Å². The Bertz CT molecular complexity index is 1220. The molecule has 4 rings (SSSR count). The number of rotatable bonds is 5.